The summed E-state index contributed by atoms with van der Waals surface area (Å²) in [5, 5.41) is 16.7. The molecule has 0 aliphatic carbocycles. The number of aliphatic imine (C=N–C) groups is 3. The van der Waals surface area contributed by atoms with Crippen LogP contribution in [0.15, 0.2) is 15.0 Å². The van der Waals surface area contributed by atoms with Gasteiger partial charge in [-0.3, -0.25) is 29.4 Å². The van der Waals surface area contributed by atoms with Crippen molar-refractivity contribution in [1.29, 1.82) is 0 Å². The van der Waals surface area contributed by atoms with Gasteiger partial charge in [-0.15, -0.1) is 0 Å². The lowest BCUT2D eigenvalue weighted by Gasteiger charge is -2.25. The second kappa shape index (κ2) is 20.0. The summed E-state index contributed by atoms with van der Waals surface area (Å²) in [7, 11) is 0. The van der Waals surface area contributed by atoms with Crippen molar-refractivity contribution in [2.24, 2.45) is 55.1 Å². The van der Waals surface area contributed by atoms with E-state index in [1.165, 1.54) is 0 Å². The number of hydrogen-bond acceptors (Lipinski definition) is 9. The second-order valence-corrected chi connectivity index (χ2v) is 9.02. The van der Waals surface area contributed by atoms with Gasteiger partial charge in [0.2, 0.25) is 17.7 Å². The van der Waals surface area contributed by atoms with Gasteiger partial charge in [-0.1, -0.05) is 0 Å². The monoisotopic (exact) mass is 589 g/mol. The first-order chi connectivity index (χ1) is 18.8. The van der Waals surface area contributed by atoms with Crippen molar-refractivity contribution >= 4 is 54.2 Å². The van der Waals surface area contributed by atoms with Crippen LogP contribution in [0.2, 0.25) is 0 Å². The molecule has 0 aliphatic rings. The van der Waals surface area contributed by atoms with E-state index in [1.807, 2.05) is 0 Å². The van der Waals surface area contributed by atoms with E-state index in [4.69, 9.17) is 40.1 Å². The van der Waals surface area contributed by atoms with Crippen molar-refractivity contribution in [3.63, 3.8) is 0 Å². The Morgan fingerprint density at radius 2 is 0.975 bits per heavy atom. The molecule has 0 unspecified atom stereocenters. The molecule has 4 atom stereocenters. The second-order valence-electron chi connectivity index (χ2n) is 8.66. The molecule has 0 spiro atoms. The highest BCUT2D eigenvalue weighted by Crippen LogP contribution is 2.06. The lowest BCUT2D eigenvalue weighted by Crippen LogP contribution is -2.57. The van der Waals surface area contributed by atoms with Gasteiger partial charge in [0.1, 0.15) is 18.1 Å². The smallest absolute Gasteiger partial charge is 0.327 e. The predicted molar refractivity (Wildman–Crippen MR) is 155 cm³/mol. The van der Waals surface area contributed by atoms with Crippen molar-refractivity contribution in [3.8, 4) is 0 Å². The molecule has 0 radical (unpaired) electrons. The van der Waals surface area contributed by atoms with Crippen LogP contribution in [0.25, 0.3) is 0 Å². The van der Waals surface area contributed by atoms with Crippen molar-refractivity contribution in [2.75, 3.05) is 25.4 Å². The zero-order valence-electron chi connectivity index (χ0n) is 22.3. The maximum atomic E-state index is 13.2. The Morgan fingerprint density at radius 3 is 1.32 bits per heavy atom. The number of rotatable bonds is 20. The molecule has 0 aromatic rings. The van der Waals surface area contributed by atoms with Crippen LogP contribution in [0.1, 0.15) is 38.5 Å². The summed E-state index contributed by atoms with van der Waals surface area (Å²) in [6, 6.07) is -4.54. The van der Waals surface area contributed by atoms with E-state index >= 15 is 0 Å². The van der Waals surface area contributed by atoms with Gasteiger partial charge in [-0.25, -0.2) is 4.79 Å². The highest BCUT2D eigenvalue weighted by molar-refractivity contribution is 7.80. The van der Waals surface area contributed by atoms with Crippen LogP contribution in [-0.2, 0) is 19.2 Å². The molecule has 40 heavy (non-hydrogen) atoms. The summed E-state index contributed by atoms with van der Waals surface area (Å²) >= 11 is 3.93. The van der Waals surface area contributed by atoms with Gasteiger partial charge in [-0.05, 0) is 38.5 Å². The van der Waals surface area contributed by atoms with Crippen molar-refractivity contribution < 1.29 is 24.3 Å². The summed E-state index contributed by atoms with van der Waals surface area (Å²) in [5.74, 6) is -3.93. The predicted octanol–water partition coefficient (Wildman–Crippen LogP) is -5.06. The molecule has 228 valence electrons. The van der Waals surface area contributed by atoms with Crippen LogP contribution in [0.3, 0.4) is 0 Å². The lowest BCUT2D eigenvalue weighted by atomic mass is 10.1. The Morgan fingerprint density at radius 1 is 0.625 bits per heavy atom. The third kappa shape index (κ3) is 16.8. The fourth-order valence-electron chi connectivity index (χ4n) is 3.20. The zero-order valence-corrected chi connectivity index (χ0v) is 23.2. The molecule has 3 amide bonds. The maximum absolute atomic E-state index is 13.2. The summed E-state index contributed by atoms with van der Waals surface area (Å²) in [5.41, 5.74) is 37.8. The molecule has 18 nitrogen and oxygen atoms in total. The molecule has 0 heterocycles. The van der Waals surface area contributed by atoms with Gasteiger partial charge in [0.25, 0.3) is 0 Å². The van der Waals surface area contributed by atoms with Crippen molar-refractivity contribution in [1.82, 2.24) is 16.0 Å². The molecule has 0 aromatic heterocycles. The lowest BCUT2D eigenvalue weighted by molar-refractivity contribution is -0.141. The molecule has 0 bridgehead atoms. The number of aliphatic carboxylic acids is 1. The van der Waals surface area contributed by atoms with E-state index in [1.54, 1.807) is 0 Å². The number of guanidine groups is 3. The Bertz CT molecular complexity index is 919. The van der Waals surface area contributed by atoms with Crippen LogP contribution in [0, 0.1) is 0 Å². The SMILES string of the molecule is NC(N)=NCCC[C@H](NC(=O)[C@H](CCCN=C(N)N)NC(=O)[C@@H](N)CCCN=C(N)N)C(=O)N[C@@H](CS)C(=O)O. The molecular formula is C21H43N13O5S. The van der Waals surface area contributed by atoms with E-state index in [9.17, 15) is 24.3 Å². The van der Waals surface area contributed by atoms with Crippen molar-refractivity contribution in [2.45, 2.75) is 62.7 Å². The van der Waals surface area contributed by atoms with Crippen LogP contribution in [0.5, 0.6) is 0 Å². The molecule has 0 aromatic carbocycles. The van der Waals surface area contributed by atoms with E-state index in [0.717, 1.165) is 0 Å². The molecule has 0 saturated heterocycles. The quantitative estimate of drug-likeness (QED) is 0.0274. The minimum Gasteiger partial charge on any atom is -0.480 e. The molecule has 0 fully saturated rings. The summed E-state index contributed by atoms with van der Waals surface area (Å²) in [4.78, 5) is 61.7. The number of nitrogens with zero attached hydrogens (tertiary/aromatic N) is 3. The van der Waals surface area contributed by atoms with Crippen LogP contribution in [-0.4, -0.2) is 96.2 Å². The number of carbonyl (C=O) groups excluding carboxylic acids is 3. The van der Waals surface area contributed by atoms with Gasteiger partial charge >= 0.3 is 5.97 Å². The minimum absolute atomic E-state index is 0.0617. The van der Waals surface area contributed by atoms with Gasteiger partial charge < -0.3 is 61.2 Å². The fraction of sp³-hybridized carbons (Fsp3) is 0.667. The molecule has 18 N–H and O–H groups in total. The van der Waals surface area contributed by atoms with E-state index in [-0.39, 0.29) is 68.9 Å². The highest BCUT2D eigenvalue weighted by atomic mass is 32.1. The maximum Gasteiger partial charge on any atom is 0.327 e. The summed E-state index contributed by atoms with van der Waals surface area (Å²) < 4.78 is 0. The standard InChI is InChI=1S/C21H43N13O5S/c22-11(4-1-7-29-19(23)24)15(35)32-12(5-2-8-30-20(25)26)16(36)33-13(6-3-9-31-21(27)28)17(37)34-14(10-40)18(38)39/h11-14,40H,1-10,22H2,(H,32,35)(H,33,36)(H,34,37)(H,38,39)(H4,23,24,29)(H4,25,26,30)(H4,27,28,31)/t11-,12-,13-,14-/m0/s1. The fourth-order valence-corrected chi connectivity index (χ4v) is 3.45. The number of nitrogens with one attached hydrogen (secondary N) is 3. The largest absolute Gasteiger partial charge is 0.480 e. The van der Waals surface area contributed by atoms with Gasteiger partial charge in [0.15, 0.2) is 17.9 Å². The van der Waals surface area contributed by atoms with E-state index < -0.39 is 47.9 Å². The minimum atomic E-state index is -1.30. The Kier molecular flexibility index (Phi) is 18.0. The molecule has 0 saturated carbocycles. The van der Waals surface area contributed by atoms with Crippen LogP contribution in [0.4, 0.5) is 0 Å². The number of carboxylic acids is 1. The number of carbonyl (C=O) groups is 4. The number of hydrogen-bond donors (Lipinski definition) is 12. The third-order valence-corrected chi connectivity index (χ3v) is 5.62. The normalized spacial score (nSPS) is 13.4. The molecule has 0 rings (SSSR count). The molecule has 0 aliphatic heterocycles. The first-order valence-corrected chi connectivity index (χ1v) is 13.1. The number of nitrogens with two attached hydrogens (primary N) is 7. The van der Waals surface area contributed by atoms with Crippen LogP contribution < -0.4 is 56.1 Å². The first kappa shape index (κ1) is 36.0. The average molecular weight is 590 g/mol. The number of thiol groups is 1. The van der Waals surface area contributed by atoms with Gasteiger partial charge in [-0.2, -0.15) is 12.6 Å². The topological polar surface area (TPSA) is 344 Å². The van der Waals surface area contributed by atoms with Gasteiger partial charge in [0, 0.05) is 25.4 Å². The number of amides is 3. The summed E-state index contributed by atoms with van der Waals surface area (Å²) in [6.07, 6.45) is 1.40. The highest BCUT2D eigenvalue weighted by Gasteiger charge is 2.29. The van der Waals surface area contributed by atoms with E-state index in [2.05, 4.69) is 43.6 Å². The Hall–Kier alpha value is -4.00. The van der Waals surface area contributed by atoms with E-state index in [0.29, 0.717) is 12.8 Å². The molecule has 19 heteroatoms. The Balaban J connectivity index is 5.62. The Labute approximate surface area is 237 Å². The average Bonchev–Trinajstić information content (AvgIpc) is 2.87. The van der Waals surface area contributed by atoms with Crippen molar-refractivity contribution in [3.05, 3.63) is 0 Å². The van der Waals surface area contributed by atoms with Gasteiger partial charge in [0.05, 0.1) is 6.04 Å². The summed E-state index contributed by atoms with van der Waals surface area (Å²) in [6.45, 7) is 0.605. The van der Waals surface area contributed by atoms with Crippen LogP contribution >= 0.6 is 12.6 Å². The first-order valence-electron chi connectivity index (χ1n) is 12.4. The molecular weight excluding hydrogens is 546 g/mol. The third-order valence-electron chi connectivity index (χ3n) is 5.26. The number of carboxylic acid groups (broad SMARTS) is 1. The zero-order chi connectivity index (χ0) is 30.7.